The predicted molar refractivity (Wildman–Crippen MR) is 120 cm³/mol. The van der Waals surface area contributed by atoms with Gasteiger partial charge in [0.2, 0.25) is 11.6 Å². The number of aromatic nitrogens is 4. The maximum absolute atomic E-state index is 13.6. The second kappa shape index (κ2) is 10.1. The highest BCUT2D eigenvalue weighted by atomic mass is 79.9. The second-order valence-corrected chi connectivity index (χ2v) is 8.88. The molecule has 1 amide bonds. The molecule has 1 aromatic carbocycles. The number of nitrogens with zero attached hydrogens (tertiary/aromatic N) is 5. The minimum absolute atomic E-state index is 0.0323. The second-order valence-electron chi connectivity index (χ2n) is 8.03. The molecule has 0 aliphatic carbocycles. The maximum atomic E-state index is 13.6. The van der Waals surface area contributed by atoms with Crippen LogP contribution in [0.25, 0.3) is 17.2 Å². The number of aliphatic imine (C=N–C) groups is 1. The summed E-state index contributed by atoms with van der Waals surface area (Å²) in [6.45, 7) is 7.49. The predicted octanol–water partition coefficient (Wildman–Crippen LogP) is 4.37. The Hall–Kier alpha value is -3.35. The number of nitrogens with one attached hydrogen (secondary N) is 1. The number of benzene rings is 1. The number of hydrogen-bond donors (Lipinski definition) is 1. The highest BCUT2D eigenvalue weighted by molar-refractivity contribution is 9.10. The van der Waals surface area contributed by atoms with Gasteiger partial charge >= 0.3 is 11.8 Å². The number of carbonyl (C=O) groups is 1. The van der Waals surface area contributed by atoms with Gasteiger partial charge in [0.15, 0.2) is 5.69 Å². The number of amides is 1. The molecule has 33 heavy (non-hydrogen) atoms. The summed E-state index contributed by atoms with van der Waals surface area (Å²) in [4.78, 5) is 27.9. The van der Waals surface area contributed by atoms with Crippen LogP contribution in [0, 0.1) is 5.82 Å². The van der Waals surface area contributed by atoms with Crippen LogP contribution in [0.5, 0.6) is 0 Å². The number of anilines is 1. The Morgan fingerprint density at radius 1 is 1.30 bits per heavy atom. The Kier molecular flexibility index (Phi) is 7.41. The summed E-state index contributed by atoms with van der Waals surface area (Å²) in [5.74, 6) is -1.00. The highest BCUT2D eigenvalue weighted by Gasteiger charge is 2.23. The third kappa shape index (κ3) is 6.34. The van der Waals surface area contributed by atoms with Crippen LogP contribution in [0.4, 0.5) is 15.0 Å². The Bertz CT molecular complexity index is 1230. The largest absolute Gasteiger partial charge is 0.446 e. The molecule has 2 heterocycles. The summed E-state index contributed by atoms with van der Waals surface area (Å²) in [5, 5.41) is 14.4. The van der Waals surface area contributed by atoms with Gasteiger partial charge in [-0.15, -0.1) is 0 Å². The summed E-state index contributed by atoms with van der Waals surface area (Å²) < 4.78 is 29.6. The van der Waals surface area contributed by atoms with E-state index in [1.807, 2.05) is 0 Å². The van der Waals surface area contributed by atoms with Gasteiger partial charge in [-0.3, -0.25) is 4.52 Å². The molecule has 0 atom stereocenters. The first-order valence-electron chi connectivity index (χ1n) is 9.93. The third-order valence-electron chi connectivity index (χ3n) is 4.15. The smallest absolute Gasteiger partial charge is 0.442 e. The van der Waals surface area contributed by atoms with Crippen LogP contribution in [-0.2, 0) is 4.74 Å². The van der Waals surface area contributed by atoms with Gasteiger partial charge in [-0.25, -0.2) is 23.2 Å². The van der Waals surface area contributed by atoms with Crippen LogP contribution in [0.15, 0.2) is 41.6 Å². The maximum Gasteiger partial charge on any atom is 0.446 e. The lowest BCUT2D eigenvalue weighted by Gasteiger charge is -2.17. The van der Waals surface area contributed by atoms with Crippen LogP contribution in [0.2, 0.25) is 0 Å². The van der Waals surface area contributed by atoms with Crippen molar-refractivity contribution >= 4 is 33.6 Å². The van der Waals surface area contributed by atoms with E-state index in [-0.39, 0.29) is 21.8 Å². The molecule has 0 spiro atoms. The van der Waals surface area contributed by atoms with Crippen molar-refractivity contribution in [2.24, 2.45) is 4.99 Å². The fourth-order valence-electron chi connectivity index (χ4n) is 2.75. The van der Waals surface area contributed by atoms with E-state index in [9.17, 15) is 14.0 Å². The van der Waals surface area contributed by atoms with Crippen LogP contribution >= 0.6 is 15.9 Å². The van der Waals surface area contributed by atoms with Crippen LogP contribution in [-0.4, -0.2) is 44.0 Å². The Balaban J connectivity index is 1.68. The first kappa shape index (κ1) is 24.3. The van der Waals surface area contributed by atoms with E-state index in [0.29, 0.717) is 30.8 Å². The number of rotatable bonds is 7. The van der Waals surface area contributed by atoms with Gasteiger partial charge in [-0.05, 0) is 85.0 Å². The SMILES string of the molecule is CC(CCCNc1nonc1-c1noc(=O)n1-c1ccc(F)c(Br)c1)=NC(=O)OC(C)(C)C. The molecule has 3 rings (SSSR count). The van der Waals surface area contributed by atoms with Crippen molar-refractivity contribution in [3.8, 4) is 17.2 Å². The lowest BCUT2D eigenvalue weighted by molar-refractivity contribution is 0.0604. The molecule has 3 aromatic rings. The third-order valence-corrected chi connectivity index (χ3v) is 4.76. The molecule has 0 aliphatic heterocycles. The van der Waals surface area contributed by atoms with E-state index < -0.39 is 23.3 Å². The van der Waals surface area contributed by atoms with Crippen molar-refractivity contribution < 1.29 is 23.1 Å². The van der Waals surface area contributed by atoms with Crippen molar-refractivity contribution in [3.05, 3.63) is 39.0 Å². The Morgan fingerprint density at radius 2 is 2.06 bits per heavy atom. The number of carbonyl (C=O) groups excluding carboxylic acids is 1. The monoisotopic (exact) mass is 524 g/mol. The molecule has 0 fully saturated rings. The van der Waals surface area contributed by atoms with Gasteiger partial charge < -0.3 is 10.1 Å². The molecule has 0 radical (unpaired) electrons. The summed E-state index contributed by atoms with van der Waals surface area (Å²) >= 11 is 3.09. The number of halogens is 2. The average Bonchev–Trinajstić information content (AvgIpc) is 3.32. The lowest BCUT2D eigenvalue weighted by atomic mass is 10.2. The Labute approximate surface area is 196 Å². The molecule has 11 nitrogen and oxygen atoms in total. The van der Waals surface area contributed by atoms with Gasteiger partial charge in [0.25, 0.3) is 0 Å². The minimum atomic E-state index is -0.786. The van der Waals surface area contributed by atoms with Crippen molar-refractivity contribution in [1.29, 1.82) is 0 Å². The zero-order chi connectivity index (χ0) is 24.2. The minimum Gasteiger partial charge on any atom is -0.442 e. The first-order chi connectivity index (χ1) is 15.5. The Morgan fingerprint density at radius 3 is 2.76 bits per heavy atom. The topological polar surface area (TPSA) is 138 Å². The van der Waals surface area contributed by atoms with E-state index in [2.05, 4.69) is 41.7 Å². The van der Waals surface area contributed by atoms with Gasteiger partial charge in [-0.2, -0.15) is 4.99 Å². The van der Waals surface area contributed by atoms with Crippen molar-refractivity contribution in [3.63, 3.8) is 0 Å². The van der Waals surface area contributed by atoms with E-state index in [1.165, 1.54) is 18.2 Å². The van der Waals surface area contributed by atoms with Gasteiger partial charge in [0.1, 0.15) is 11.4 Å². The molecule has 0 saturated carbocycles. The summed E-state index contributed by atoms with van der Waals surface area (Å²) in [7, 11) is 0. The normalized spacial score (nSPS) is 12.1. The zero-order valence-corrected chi connectivity index (χ0v) is 20.0. The molecule has 13 heteroatoms. The zero-order valence-electron chi connectivity index (χ0n) is 18.4. The quantitative estimate of drug-likeness (QED) is 0.352. The molecule has 0 bridgehead atoms. The number of hydrogen-bond acceptors (Lipinski definition) is 9. The fourth-order valence-corrected chi connectivity index (χ4v) is 3.12. The lowest BCUT2D eigenvalue weighted by Crippen LogP contribution is -2.22. The molecule has 2 aromatic heterocycles. The molecule has 0 unspecified atom stereocenters. The van der Waals surface area contributed by atoms with E-state index in [0.717, 1.165) is 4.57 Å². The average molecular weight is 525 g/mol. The van der Waals surface area contributed by atoms with E-state index in [1.54, 1.807) is 27.7 Å². The summed E-state index contributed by atoms with van der Waals surface area (Å²) in [6.07, 6.45) is 0.513. The summed E-state index contributed by atoms with van der Waals surface area (Å²) in [6, 6.07) is 4.00. The molecular weight excluding hydrogens is 503 g/mol. The molecular formula is C20H22BrFN6O5. The van der Waals surface area contributed by atoms with Crippen LogP contribution in [0.3, 0.4) is 0 Å². The molecule has 1 N–H and O–H groups in total. The molecule has 0 aliphatic rings. The highest BCUT2D eigenvalue weighted by Crippen LogP contribution is 2.26. The number of ether oxygens (including phenoxy) is 1. The standard InChI is InChI=1S/C20H22BrFN6O5/c1-11(24-18(29)31-20(2,3)4)6-5-9-23-16-15(25-33-26-16)17-27-32-19(30)28(17)12-7-8-14(22)13(21)10-12/h7-8,10H,5-6,9H2,1-4H3,(H,23,26). The van der Waals surface area contributed by atoms with E-state index in [4.69, 9.17) is 13.9 Å². The van der Waals surface area contributed by atoms with Crippen LogP contribution < -0.4 is 11.1 Å². The van der Waals surface area contributed by atoms with Gasteiger partial charge in [0, 0.05) is 12.3 Å². The van der Waals surface area contributed by atoms with Crippen molar-refractivity contribution in [1.82, 2.24) is 20.0 Å². The summed E-state index contributed by atoms with van der Waals surface area (Å²) in [5.41, 5.74) is 0.467. The van der Waals surface area contributed by atoms with E-state index >= 15 is 0 Å². The fraction of sp³-hybridized carbons (Fsp3) is 0.400. The molecule has 176 valence electrons. The van der Waals surface area contributed by atoms with Gasteiger partial charge in [0.05, 0.1) is 10.2 Å². The van der Waals surface area contributed by atoms with Crippen molar-refractivity contribution in [2.45, 2.75) is 46.1 Å². The van der Waals surface area contributed by atoms with Gasteiger partial charge in [-0.1, -0.05) is 5.16 Å². The van der Waals surface area contributed by atoms with Crippen molar-refractivity contribution in [2.75, 3.05) is 11.9 Å². The first-order valence-corrected chi connectivity index (χ1v) is 10.7. The molecule has 0 saturated heterocycles. The van der Waals surface area contributed by atoms with Crippen LogP contribution in [0.1, 0.15) is 40.5 Å².